The molecule has 1 aromatic carbocycles. The van der Waals surface area contributed by atoms with Gasteiger partial charge in [0.1, 0.15) is 0 Å². The largest absolute Gasteiger partial charge is 0.338 e. The Kier molecular flexibility index (Phi) is 4.78. The van der Waals surface area contributed by atoms with Crippen LogP contribution in [0.1, 0.15) is 41.3 Å². The van der Waals surface area contributed by atoms with Crippen LogP contribution >= 0.6 is 0 Å². The lowest BCUT2D eigenvalue weighted by atomic mass is 10.1. The molecule has 1 unspecified atom stereocenters. The molecule has 0 bridgehead atoms. The van der Waals surface area contributed by atoms with Gasteiger partial charge in [0.2, 0.25) is 0 Å². The van der Waals surface area contributed by atoms with Crippen LogP contribution in [0.4, 0.5) is 0 Å². The van der Waals surface area contributed by atoms with Crippen LogP contribution in [0.15, 0.2) is 18.2 Å². The molecule has 1 amide bonds. The Morgan fingerprint density at radius 2 is 2.12 bits per heavy atom. The third kappa shape index (κ3) is 3.64. The minimum atomic E-state index is -0.172. The minimum Gasteiger partial charge on any atom is -0.338 e. The second-order valence-electron chi connectivity index (χ2n) is 4.28. The number of hydrogen-bond acceptors (Lipinski definition) is 1. The number of hydrogen-bond donors (Lipinski definition) is 1. The SMILES string of the molecule is C#CC(CCC)NC(=O)c1ccc(C)c(C)c1. The standard InChI is InChI=1S/C15H19NO/c1-5-7-14(6-2)16-15(17)13-9-8-11(3)12(4)10-13/h2,8-10,14H,5,7H2,1,3-4H3,(H,16,17). The van der Waals surface area contributed by atoms with Crippen molar-refractivity contribution in [2.24, 2.45) is 0 Å². The summed E-state index contributed by atoms with van der Waals surface area (Å²) in [5.41, 5.74) is 2.97. The van der Waals surface area contributed by atoms with Crippen molar-refractivity contribution >= 4 is 5.91 Å². The third-order valence-corrected chi connectivity index (χ3v) is 2.85. The number of aryl methyl sites for hydroxylation is 2. The number of terminal acetylenes is 1. The average Bonchev–Trinajstić information content (AvgIpc) is 2.31. The maximum atomic E-state index is 11.9. The van der Waals surface area contributed by atoms with Gasteiger partial charge in [0.25, 0.3) is 5.91 Å². The average molecular weight is 229 g/mol. The molecule has 1 N–H and O–H groups in total. The first kappa shape index (κ1) is 13.3. The molecule has 0 aliphatic rings. The Morgan fingerprint density at radius 3 is 2.65 bits per heavy atom. The van der Waals surface area contributed by atoms with Crippen molar-refractivity contribution in [2.45, 2.75) is 39.7 Å². The van der Waals surface area contributed by atoms with Gasteiger partial charge >= 0.3 is 0 Å². The first-order chi connectivity index (χ1) is 8.08. The molecule has 0 heterocycles. The maximum Gasteiger partial charge on any atom is 0.252 e. The first-order valence-corrected chi connectivity index (χ1v) is 5.92. The molecular weight excluding hydrogens is 210 g/mol. The van der Waals surface area contributed by atoms with Crippen molar-refractivity contribution in [2.75, 3.05) is 0 Å². The summed E-state index contributed by atoms with van der Waals surface area (Å²) >= 11 is 0. The lowest BCUT2D eigenvalue weighted by Crippen LogP contribution is -2.33. The number of carbonyl (C=O) groups excluding carboxylic acids is 1. The quantitative estimate of drug-likeness (QED) is 0.790. The molecule has 1 atom stereocenters. The molecule has 2 nitrogen and oxygen atoms in total. The number of benzene rings is 1. The van der Waals surface area contributed by atoms with E-state index in [4.69, 9.17) is 6.42 Å². The van der Waals surface area contributed by atoms with Crippen LogP contribution < -0.4 is 5.32 Å². The van der Waals surface area contributed by atoms with E-state index in [0.29, 0.717) is 5.56 Å². The van der Waals surface area contributed by atoms with Crippen molar-refractivity contribution in [1.29, 1.82) is 0 Å². The van der Waals surface area contributed by atoms with Gasteiger partial charge < -0.3 is 5.32 Å². The lowest BCUT2D eigenvalue weighted by molar-refractivity contribution is 0.0944. The zero-order valence-electron chi connectivity index (χ0n) is 10.7. The summed E-state index contributed by atoms with van der Waals surface area (Å²) in [6.45, 7) is 6.07. The number of rotatable bonds is 4. The van der Waals surface area contributed by atoms with E-state index in [-0.39, 0.29) is 11.9 Å². The third-order valence-electron chi connectivity index (χ3n) is 2.85. The van der Waals surface area contributed by atoms with Crippen molar-refractivity contribution in [1.82, 2.24) is 5.32 Å². The Bertz CT molecular complexity index is 443. The molecule has 0 radical (unpaired) electrons. The predicted molar refractivity (Wildman–Crippen MR) is 70.9 cm³/mol. The van der Waals surface area contributed by atoms with Crippen LogP contribution in [-0.2, 0) is 0 Å². The van der Waals surface area contributed by atoms with E-state index in [1.807, 2.05) is 39.0 Å². The summed E-state index contributed by atoms with van der Waals surface area (Å²) in [5.74, 6) is 2.50. The van der Waals surface area contributed by atoms with E-state index in [2.05, 4.69) is 11.2 Å². The summed E-state index contributed by atoms with van der Waals surface area (Å²) in [5, 5.41) is 2.86. The maximum absolute atomic E-state index is 11.9. The van der Waals surface area contributed by atoms with Gasteiger partial charge in [0.15, 0.2) is 0 Å². The molecule has 0 fully saturated rings. The fraction of sp³-hybridized carbons (Fsp3) is 0.400. The molecule has 0 aliphatic carbocycles. The molecule has 0 aliphatic heterocycles. The van der Waals surface area contributed by atoms with Gasteiger partial charge in [0, 0.05) is 5.56 Å². The molecule has 0 aromatic heterocycles. The topological polar surface area (TPSA) is 29.1 Å². The van der Waals surface area contributed by atoms with Crippen LogP contribution in [0.2, 0.25) is 0 Å². The van der Waals surface area contributed by atoms with Gasteiger partial charge in [-0.25, -0.2) is 0 Å². The molecular formula is C15H19NO. The highest BCUT2D eigenvalue weighted by molar-refractivity contribution is 5.94. The van der Waals surface area contributed by atoms with E-state index in [0.717, 1.165) is 18.4 Å². The van der Waals surface area contributed by atoms with Crippen LogP contribution in [-0.4, -0.2) is 11.9 Å². The Labute approximate surface area is 103 Å². The monoisotopic (exact) mass is 229 g/mol. The molecule has 0 spiro atoms. The van der Waals surface area contributed by atoms with E-state index in [9.17, 15) is 4.79 Å². The number of nitrogens with one attached hydrogen (secondary N) is 1. The van der Waals surface area contributed by atoms with Gasteiger partial charge in [-0.2, -0.15) is 0 Å². The molecule has 1 aromatic rings. The second kappa shape index (κ2) is 6.10. The van der Waals surface area contributed by atoms with Crippen LogP contribution in [0, 0.1) is 26.2 Å². The Hall–Kier alpha value is -1.75. The smallest absolute Gasteiger partial charge is 0.252 e. The van der Waals surface area contributed by atoms with Crippen molar-refractivity contribution < 1.29 is 4.79 Å². The minimum absolute atomic E-state index is 0.0931. The zero-order valence-corrected chi connectivity index (χ0v) is 10.7. The van der Waals surface area contributed by atoms with Gasteiger partial charge in [-0.15, -0.1) is 6.42 Å². The highest BCUT2D eigenvalue weighted by atomic mass is 16.1. The fourth-order valence-corrected chi connectivity index (χ4v) is 1.61. The highest BCUT2D eigenvalue weighted by Crippen LogP contribution is 2.10. The summed E-state index contributed by atoms with van der Waals surface area (Å²) < 4.78 is 0. The normalized spacial score (nSPS) is 11.6. The number of carbonyl (C=O) groups is 1. The molecule has 90 valence electrons. The van der Waals surface area contributed by atoms with Gasteiger partial charge in [-0.05, 0) is 43.5 Å². The molecule has 17 heavy (non-hydrogen) atoms. The van der Waals surface area contributed by atoms with Gasteiger partial charge in [-0.3, -0.25) is 4.79 Å². The van der Waals surface area contributed by atoms with Gasteiger partial charge in [-0.1, -0.05) is 25.3 Å². The Morgan fingerprint density at radius 1 is 1.41 bits per heavy atom. The van der Waals surface area contributed by atoms with E-state index in [1.165, 1.54) is 5.56 Å². The predicted octanol–water partition coefficient (Wildman–Crippen LogP) is 2.84. The highest BCUT2D eigenvalue weighted by Gasteiger charge is 2.11. The second-order valence-corrected chi connectivity index (χ2v) is 4.28. The zero-order chi connectivity index (χ0) is 12.8. The summed E-state index contributed by atoms with van der Waals surface area (Å²) in [7, 11) is 0. The van der Waals surface area contributed by atoms with Crippen LogP contribution in [0.5, 0.6) is 0 Å². The molecule has 1 rings (SSSR count). The molecule has 2 heteroatoms. The van der Waals surface area contributed by atoms with Crippen LogP contribution in [0.25, 0.3) is 0 Å². The lowest BCUT2D eigenvalue weighted by Gasteiger charge is -2.12. The van der Waals surface area contributed by atoms with Crippen molar-refractivity contribution in [3.63, 3.8) is 0 Å². The molecule has 0 saturated heterocycles. The summed E-state index contributed by atoms with van der Waals surface area (Å²) in [6.07, 6.45) is 7.15. The van der Waals surface area contributed by atoms with Crippen molar-refractivity contribution in [3.05, 3.63) is 34.9 Å². The van der Waals surface area contributed by atoms with Gasteiger partial charge in [0.05, 0.1) is 6.04 Å². The summed E-state index contributed by atoms with van der Waals surface area (Å²) in [4.78, 5) is 11.9. The summed E-state index contributed by atoms with van der Waals surface area (Å²) in [6, 6.07) is 5.50. The Balaban J connectivity index is 2.76. The van der Waals surface area contributed by atoms with E-state index >= 15 is 0 Å². The van der Waals surface area contributed by atoms with Crippen molar-refractivity contribution in [3.8, 4) is 12.3 Å². The molecule has 0 saturated carbocycles. The number of amides is 1. The first-order valence-electron chi connectivity index (χ1n) is 5.92. The fourth-order valence-electron chi connectivity index (χ4n) is 1.61. The van der Waals surface area contributed by atoms with Crippen LogP contribution in [0.3, 0.4) is 0 Å². The van der Waals surface area contributed by atoms with E-state index in [1.54, 1.807) is 0 Å². The van der Waals surface area contributed by atoms with E-state index < -0.39 is 0 Å².